The molecule has 2 saturated heterocycles. The summed E-state index contributed by atoms with van der Waals surface area (Å²) in [6, 6.07) is 6.28. The highest BCUT2D eigenvalue weighted by atomic mass is 16.6. The van der Waals surface area contributed by atoms with Gasteiger partial charge in [-0.25, -0.2) is 4.79 Å². The third kappa shape index (κ3) is 3.96. The average molecular weight is 318 g/mol. The zero-order chi connectivity index (χ0) is 16.2. The maximum atomic E-state index is 12.2. The number of hydrogen-bond acceptors (Lipinski definition) is 4. The first-order chi connectivity index (χ1) is 11.2. The largest absolute Gasteiger partial charge is 0.495 e. The summed E-state index contributed by atoms with van der Waals surface area (Å²) in [6.45, 7) is 4.22. The molecule has 0 aliphatic carbocycles. The van der Waals surface area contributed by atoms with Crippen LogP contribution in [-0.2, 0) is 4.74 Å². The number of nitrogens with zero attached hydrogens (tertiary/aromatic N) is 1. The SMILES string of the molecule is COc1ccc(C)cc1NC(=O)OC1CCN2CCCCC2C1. The van der Waals surface area contributed by atoms with Crippen molar-refractivity contribution >= 4 is 11.8 Å². The lowest BCUT2D eigenvalue weighted by Crippen LogP contribution is -2.48. The van der Waals surface area contributed by atoms with E-state index in [1.54, 1.807) is 7.11 Å². The molecule has 3 rings (SSSR count). The van der Waals surface area contributed by atoms with E-state index in [0.29, 0.717) is 17.5 Å². The van der Waals surface area contributed by atoms with E-state index in [1.807, 2.05) is 25.1 Å². The fraction of sp³-hybridized carbons (Fsp3) is 0.611. The number of rotatable bonds is 3. The fourth-order valence-electron chi connectivity index (χ4n) is 3.67. The van der Waals surface area contributed by atoms with Crippen molar-refractivity contribution in [3.63, 3.8) is 0 Å². The average Bonchev–Trinajstić information content (AvgIpc) is 2.55. The minimum atomic E-state index is -0.386. The van der Waals surface area contributed by atoms with Crippen molar-refractivity contribution in [3.05, 3.63) is 23.8 Å². The molecule has 1 amide bonds. The van der Waals surface area contributed by atoms with Crippen LogP contribution in [0.3, 0.4) is 0 Å². The quantitative estimate of drug-likeness (QED) is 0.925. The summed E-state index contributed by atoms with van der Waals surface area (Å²) in [5, 5.41) is 2.82. The highest BCUT2D eigenvalue weighted by Gasteiger charge is 2.31. The van der Waals surface area contributed by atoms with Gasteiger partial charge in [-0.1, -0.05) is 12.5 Å². The van der Waals surface area contributed by atoms with Crippen LogP contribution < -0.4 is 10.1 Å². The Morgan fingerprint density at radius 3 is 2.96 bits per heavy atom. The van der Waals surface area contributed by atoms with Gasteiger partial charge in [0, 0.05) is 19.0 Å². The van der Waals surface area contributed by atoms with Gasteiger partial charge in [0.25, 0.3) is 0 Å². The highest BCUT2D eigenvalue weighted by Crippen LogP contribution is 2.29. The first kappa shape index (κ1) is 16.1. The summed E-state index contributed by atoms with van der Waals surface area (Å²) in [5.74, 6) is 0.648. The van der Waals surface area contributed by atoms with Gasteiger partial charge in [-0.3, -0.25) is 5.32 Å². The smallest absolute Gasteiger partial charge is 0.412 e. The van der Waals surface area contributed by atoms with Crippen LogP contribution in [0.1, 0.15) is 37.7 Å². The van der Waals surface area contributed by atoms with Crippen molar-refractivity contribution in [1.82, 2.24) is 4.90 Å². The first-order valence-corrected chi connectivity index (χ1v) is 8.52. The maximum absolute atomic E-state index is 12.2. The van der Waals surface area contributed by atoms with Crippen LogP contribution in [0.15, 0.2) is 18.2 Å². The monoisotopic (exact) mass is 318 g/mol. The number of ether oxygens (including phenoxy) is 2. The van der Waals surface area contributed by atoms with Crippen molar-refractivity contribution in [2.24, 2.45) is 0 Å². The van der Waals surface area contributed by atoms with Crippen molar-refractivity contribution in [2.45, 2.75) is 51.2 Å². The van der Waals surface area contributed by atoms with Crippen LogP contribution in [0.2, 0.25) is 0 Å². The number of piperidine rings is 2. The van der Waals surface area contributed by atoms with Crippen LogP contribution in [0.25, 0.3) is 0 Å². The number of nitrogens with one attached hydrogen (secondary N) is 1. The van der Waals surface area contributed by atoms with Crippen LogP contribution in [0.4, 0.5) is 10.5 Å². The van der Waals surface area contributed by atoms with Gasteiger partial charge in [-0.2, -0.15) is 0 Å². The number of carbonyl (C=O) groups excluding carboxylic acids is 1. The second-order valence-electron chi connectivity index (χ2n) is 6.57. The van der Waals surface area contributed by atoms with Gasteiger partial charge in [-0.15, -0.1) is 0 Å². The predicted octanol–water partition coefficient (Wildman–Crippen LogP) is 3.57. The lowest BCUT2D eigenvalue weighted by atomic mass is 9.91. The first-order valence-electron chi connectivity index (χ1n) is 8.52. The Labute approximate surface area is 137 Å². The van der Waals surface area contributed by atoms with Gasteiger partial charge in [0.1, 0.15) is 11.9 Å². The molecule has 126 valence electrons. The van der Waals surface area contributed by atoms with Gasteiger partial charge in [0.05, 0.1) is 12.8 Å². The van der Waals surface area contributed by atoms with Gasteiger partial charge in [0.15, 0.2) is 0 Å². The van der Waals surface area contributed by atoms with Crippen molar-refractivity contribution in [3.8, 4) is 5.75 Å². The molecule has 1 aromatic carbocycles. The van der Waals surface area contributed by atoms with Crippen LogP contribution in [-0.4, -0.2) is 43.3 Å². The van der Waals surface area contributed by atoms with Crippen molar-refractivity contribution in [2.75, 3.05) is 25.5 Å². The lowest BCUT2D eigenvalue weighted by molar-refractivity contribution is 0.0142. The van der Waals surface area contributed by atoms with E-state index in [2.05, 4.69) is 10.2 Å². The molecule has 2 atom stereocenters. The number of methoxy groups -OCH3 is 1. The summed E-state index contributed by atoms with van der Waals surface area (Å²) >= 11 is 0. The molecule has 2 fully saturated rings. The molecule has 0 spiro atoms. The molecule has 5 heteroatoms. The molecule has 1 aromatic rings. The molecule has 0 bridgehead atoms. The number of amides is 1. The molecule has 0 aromatic heterocycles. The van der Waals surface area contributed by atoms with Crippen LogP contribution in [0, 0.1) is 6.92 Å². The minimum absolute atomic E-state index is 0.0187. The molecular formula is C18H26N2O3. The van der Waals surface area contributed by atoms with Gasteiger partial charge in [-0.05, 0) is 50.4 Å². The second kappa shape index (κ2) is 7.21. The summed E-state index contributed by atoms with van der Waals surface area (Å²) in [5.41, 5.74) is 1.73. The van der Waals surface area contributed by atoms with Gasteiger partial charge >= 0.3 is 6.09 Å². The molecule has 0 radical (unpaired) electrons. The number of fused-ring (bicyclic) bond motifs is 1. The topological polar surface area (TPSA) is 50.8 Å². The minimum Gasteiger partial charge on any atom is -0.495 e. The zero-order valence-corrected chi connectivity index (χ0v) is 14.0. The number of hydrogen-bond donors (Lipinski definition) is 1. The standard InChI is InChI=1S/C18H26N2O3/c1-13-6-7-17(22-2)16(11-13)19-18(21)23-15-8-10-20-9-4-3-5-14(20)12-15/h6-7,11,14-15H,3-5,8-10,12H2,1-2H3,(H,19,21). The van der Waals surface area contributed by atoms with E-state index in [-0.39, 0.29) is 12.2 Å². The summed E-state index contributed by atoms with van der Waals surface area (Å²) in [6.07, 6.45) is 5.34. The number of anilines is 1. The molecular weight excluding hydrogens is 292 g/mol. The van der Waals surface area contributed by atoms with Gasteiger partial charge < -0.3 is 14.4 Å². The predicted molar refractivity (Wildman–Crippen MR) is 90.1 cm³/mol. The number of aryl methyl sites for hydroxylation is 1. The molecule has 2 aliphatic rings. The Kier molecular flexibility index (Phi) is 5.06. The lowest BCUT2D eigenvalue weighted by Gasteiger charge is -2.41. The summed E-state index contributed by atoms with van der Waals surface area (Å²) in [4.78, 5) is 14.8. The highest BCUT2D eigenvalue weighted by molar-refractivity contribution is 5.87. The van der Waals surface area contributed by atoms with E-state index >= 15 is 0 Å². The van der Waals surface area contributed by atoms with E-state index < -0.39 is 0 Å². The summed E-state index contributed by atoms with van der Waals surface area (Å²) in [7, 11) is 1.60. The number of carbonyl (C=O) groups is 1. The van der Waals surface area contributed by atoms with E-state index in [1.165, 1.54) is 25.8 Å². The fourth-order valence-corrected chi connectivity index (χ4v) is 3.67. The van der Waals surface area contributed by atoms with E-state index in [0.717, 1.165) is 24.9 Å². The Bertz CT molecular complexity index is 561. The normalized spacial score (nSPS) is 24.6. The molecule has 2 heterocycles. The second-order valence-corrected chi connectivity index (χ2v) is 6.57. The Morgan fingerprint density at radius 2 is 2.13 bits per heavy atom. The van der Waals surface area contributed by atoms with Crippen molar-refractivity contribution < 1.29 is 14.3 Å². The van der Waals surface area contributed by atoms with E-state index in [9.17, 15) is 4.79 Å². The van der Waals surface area contributed by atoms with E-state index in [4.69, 9.17) is 9.47 Å². The Morgan fingerprint density at radius 1 is 1.26 bits per heavy atom. The Balaban J connectivity index is 1.56. The van der Waals surface area contributed by atoms with Gasteiger partial charge in [0.2, 0.25) is 0 Å². The third-order valence-corrected chi connectivity index (χ3v) is 4.89. The molecule has 2 aliphatic heterocycles. The molecule has 0 saturated carbocycles. The summed E-state index contributed by atoms with van der Waals surface area (Å²) < 4.78 is 10.9. The molecule has 5 nitrogen and oxygen atoms in total. The molecule has 2 unspecified atom stereocenters. The Hall–Kier alpha value is -1.75. The number of benzene rings is 1. The zero-order valence-electron chi connectivity index (χ0n) is 14.0. The van der Waals surface area contributed by atoms with Crippen molar-refractivity contribution in [1.29, 1.82) is 0 Å². The maximum Gasteiger partial charge on any atom is 0.412 e. The molecule has 23 heavy (non-hydrogen) atoms. The van der Waals surface area contributed by atoms with Crippen LogP contribution in [0.5, 0.6) is 5.75 Å². The third-order valence-electron chi connectivity index (χ3n) is 4.89. The molecule has 1 N–H and O–H groups in total. The van der Waals surface area contributed by atoms with Crippen LogP contribution >= 0.6 is 0 Å².